The number of aliphatic imine (C=N–C) groups is 1. The molecule has 1 saturated heterocycles. The first-order chi connectivity index (χ1) is 11.1. The quantitative estimate of drug-likeness (QED) is 0.586. The number of anilines is 1. The van der Waals surface area contributed by atoms with Crippen molar-refractivity contribution in [3.8, 4) is 0 Å². The fraction of sp³-hybridized carbons (Fsp3) is 0.611. The van der Waals surface area contributed by atoms with Crippen LogP contribution in [0.1, 0.15) is 26.7 Å². The predicted octanol–water partition coefficient (Wildman–Crippen LogP) is 3.49. The van der Waals surface area contributed by atoms with E-state index in [2.05, 4.69) is 74.6 Å². The molecule has 0 saturated carbocycles. The largest absolute Gasteiger partial charge is 0.371 e. The fourth-order valence-corrected chi connectivity index (χ4v) is 3.23. The second-order valence-electron chi connectivity index (χ2n) is 6.64. The maximum Gasteiger partial charge on any atom is 0.190 e. The Hall–Kier alpha value is -1.23. The Labute approximate surface area is 148 Å². The van der Waals surface area contributed by atoms with E-state index in [0.29, 0.717) is 11.8 Å². The van der Waals surface area contributed by atoms with Crippen molar-refractivity contribution in [3.63, 3.8) is 0 Å². The van der Waals surface area contributed by atoms with Gasteiger partial charge in [0.15, 0.2) is 5.96 Å². The molecular formula is C18H29BrN4. The second-order valence-corrected chi connectivity index (χ2v) is 7.56. The van der Waals surface area contributed by atoms with E-state index in [9.17, 15) is 0 Å². The van der Waals surface area contributed by atoms with Crippen LogP contribution in [-0.2, 0) is 0 Å². The third-order valence-electron chi connectivity index (χ3n) is 4.26. The Bertz CT molecular complexity index is 515. The zero-order valence-corrected chi connectivity index (χ0v) is 16.1. The normalized spacial score (nSPS) is 18.6. The third kappa shape index (κ3) is 6.05. The van der Waals surface area contributed by atoms with Gasteiger partial charge < -0.3 is 15.5 Å². The number of benzene rings is 1. The molecule has 1 aliphatic heterocycles. The van der Waals surface area contributed by atoms with Gasteiger partial charge >= 0.3 is 0 Å². The lowest BCUT2D eigenvalue weighted by Crippen LogP contribution is -2.40. The molecule has 4 nitrogen and oxygen atoms in total. The molecule has 23 heavy (non-hydrogen) atoms. The lowest BCUT2D eigenvalue weighted by Gasteiger charge is -2.20. The van der Waals surface area contributed by atoms with Gasteiger partial charge in [0.05, 0.1) is 0 Å². The number of rotatable bonds is 6. The van der Waals surface area contributed by atoms with Crippen LogP contribution >= 0.6 is 15.9 Å². The number of nitrogens with one attached hydrogen (secondary N) is 2. The molecule has 1 atom stereocenters. The number of hydrogen-bond acceptors (Lipinski definition) is 2. The van der Waals surface area contributed by atoms with Crippen LogP contribution in [0, 0.1) is 11.8 Å². The molecule has 1 aromatic carbocycles. The SMILES string of the molecule is CN=C(NCCC(C)C)NCC1CCN(c2cccc(Br)c2)C1. The monoisotopic (exact) mass is 380 g/mol. The van der Waals surface area contributed by atoms with Gasteiger partial charge in [0.25, 0.3) is 0 Å². The van der Waals surface area contributed by atoms with Crippen LogP contribution in [0.5, 0.6) is 0 Å². The van der Waals surface area contributed by atoms with Crippen LogP contribution in [0.25, 0.3) is 0 Å². The van der Waals surface area contributed by atoms with Gasteiger partial charge in [-0.15, -0.1) is 0 Å². The predicted molar refractivity (Wildman–Crippen MR) is 103 cm³/mol. The highest BCUT2D eigenvalue weighted by Gasteiger charge is 2.22. The molecular weight excluding hydrogens is 352 g/mol. The molecule has 1 aromatic rings. The molecule has 0 spiro atoms. The number of nitrogens with zero attached hydrogens (tertiary/aromatic N) is 2. The molecule has 2 N–H and O–H groups in total. The van der Waals surface area contributed by atoms with Crippen LogP contribution < -0.4 is 15.5 Å². The summed E-state index contributed by atoms with van der Waals surface area (Å²) in [5.41, 5.74) is 1.31. The van der Waals surface area contributed by atoms with E-state index >= 15 is 0 Å². The van der Waals surface area contributed by atoms with Gasteiger partial charge in [-0.2, -0.15) is 0 Å². The highest BCUT2D eigenvalue weighted by atomic mass is 79.9. The summed E-state index contributed by atoms with van der Waals surface area (Å²) in [6.07, 6.45) is 2.39. The summed E-state index contributed by atoms with van der Waals surface area (Å²) >= 11 is 3.55. The highest BCUT2D eigenvalue weighted by Crippen LogP contribution is 2.25. The van der Waals surface area contributed by atoms with E-state index in [1.807, 2.05) is 7.05 Å². The molecule has 1 unspecified atom stereocenters. The molecule has 5 heteroatoms. The Morgan fingerprint density at radius 3 is 2.91 bits per heavy atom. The molecule has 0 aliphatic carbocycles. The van der Waals surface area contributed by atoms with Gasteiger partial charge in [0.2, 0.25) is 0 Å². The van der Waals surface area contributed by atoms with E-state index in [1.54, 1.807) is 0 Å². The first kappa shape index (κ1) is 18.1. The van der Waals surface area contributed by atoms with Gasteiger partial charge in [0.1, 0.15) is 0 Å². The van der Waals surface area contributed by atoms with Gasteiger partial charge in [-0.3, -0.25) is 4.99 Å². The van der Waals surface area contributed by atoms with Gasteiger partial charge in [-0.05, 0) is 42.9 Å². The molecule has 2 rings (SSSR count). The van der Waals surface area contributed by atoms with Crippen LogP contribution in [0.4, 0.5) is 5.69 Å². The van der Waals surface area contributed by atoms with E-state index in [4.69, 9.17) is 0 Å². The van der Waals surface area contributed by atoms with Gasteiger partial charge in [-0.1, -0.05) is 35.8 Å². The highest BCUT2D eigenvalue weighted by molar-refractivity contribution is 9.10. The van der Waals surface area contributed by atoms with E-state index < -0.39 is 0 Å². The minimum Gasteiger partial charge on any atom is -0.371 e. The molecule has 128 valence electrons. The van der Waals surface area contributed by atoms with Crippen molar-refractivity contribution < 1.29 is 0 Å². The van der Waals surface area contributed by atoms with Crippen LogP contribution in [0.15, 0.2) is 33.7 Å². The number of guanidine groups is 1. The van der Waals surface area contributed by atoms with Gasteiger partial charge in [0, 0.05) is 43.4 Å². The minimum absolute atomic E-state index is 0.664. The number of halogens is 1. The average molecular weight is 381 g/mol. The third-order valence-corrected chi connectivity index (χ3v) is 4.75. The maximum atomic E-state index is 4.31. The summed E-state index contributed by atoms with van der Waals surface area (Å²) in [6, 6.07) is 8.56. The summed E-state index contributed by atoms with van der Waals surface area (Å²) in [6.45, 7) is 8.67. The Balaban J connectivity index is 1.74. The summed E-state index contributed by atoms with van der Waals surface area (Å²) in [5.74, 6) is 2.30. The van der Waals surface area contributed by atoms with Gasteiger partial charge in [-0.25, -0.2) is 0 Å². The Morgan fingerprint density at radius 2 is 2.22 bits per heavy atom. The van der Waals surface area contributed by atoms with Crippen molar-refractivity contribution >= 4 is 27.6 Å². The van der Waals surface area contributed by atoms with Crippen molar-refractivity contribution in [1.29, 1.82) is 0 Å². The zero-order valence-electron chi connectivity index (χ0n) is 14.5. The summed E-state index contributed by atoms with van der Waals surface area (Å²) in [4.78, 5) is 6.77. The van der Waals surface area contributed by atoms with E-state index in [0.717, 1.165) is 36.6 Å². The summed E-state index contributed by atoms with van der Waals surface area (Å²) in [5, 5.41) is 6.87. The molecule has 0 amide bonds. The number of hydrogen-bond donors (Lipinski definition) is 2. The smallest absolute Gasteiger partial charge is 0.190 e. The molecule has 1 fully saturated rings. The molecule has 1 aliphatic rings. The first-order valence-corrected chi connectivity index (χ1v) is 9.33. The lowest BCUT2D eigenvalue weighted by atomic mass is 10.1. The van der Waals surface area contributed by atoms with E-state index in [-0.39, 0.29) is 0 Å². The molecule has 0 aromatic heterocycles. The minimum atomic E-state index is 0.664. The Kier molecular flexibility index (Phi) is 7.21. The van der Waals surface area contributed by atoms with Crippen LogP contribution in [0.2, 0.25) is 0 Å². The molecule has 0 bridgehead atoms. The van der Waals surface area contributed by atoms with Crippen molar-refractivity contribution in [1.82, 2.24) is 10.6 Å². The van der Waals surface area contributed by atoms with Crippen LogP contribution in [0.3, 0.4) is 0 Å². The average Bonchev–Trinajstić information content (AvgIpc) is 2.99. The first-order valence-electron chi connectivity index (χ1n) is 8.53. The maximum absolute atomic E-state index is 4.31. The van der Waals surface area contributed by atoms with Crippen molar-refractivity contribution in [2.75, 3.05) is 38.1 Å². The van der Waals surface area contributed by atoms with Crippen molar-refractivity contribution in [2.45, 2.75) is 26.7 Å². The fourth-order valence-electron chi connectivity index (χ4n) is 2.85. The molecule has 1 heterocycles. The Morgan fingerprint density at radius 1 is 1.39 bits per heavy atom. The standard InChI is InChI=1S/C18H29BrN4/c1-14(2)7-9-21-18(20-3)22-12-15-8-10-23(13-15)17-6-4-5-16(19)11-17/h4-6,11,14-15H,7-10,12-13H2,1-3H3,(H2,20,21,22). The zero-order chi connectivity index (χ0) is 16.7. The topological polar surface area (TPSA) is 39.7 Å². The lowest BCUT2D eigenvalue weighted by molar-refractivity contribution is 0.551. The van der Waals surface area contributed by atoms with Crippen molar-refractivity contribution in [2.24, 2.45) is 16.8 Å². The van der Waals surface area contributed by atoms with Crippen LogP contribution in [-0.4, -0.2) is 39.2 Å². The van der Waals surface area contributed by atoms with Crippen molar-refractivity contribution in [3.05, 3.63) is 28.7 Å². The molecule has 0 radical (unpaired) electrons. The summed E-state index contributed by atoms with van der Waals surface area (Å²) < 4.78 is 1.14. The second kappa shape index (κ2) is 9.16. The van der Waals surface area contributed by atoms with E-state index in [1.165, 1.54) is 18.5 Å². The summed E-state index contributed by atoms with van der Waals surface area (Å²) in [7, 11) is 1.84.